The maximum atomic E-state index is 12.2. The number of carbonyl (C=O) groups excluding carboxylic acids is 1. The van der Waals surface area contributed by atoms with Crippen molar-refractivity contribution >= 4 is 22.6 Å². The summed E-state index contributed by atoms with van der Waals surface area (Å²) in [6.07, 6.45) is 0. The molecule has 8 nitrogen and oxygen atoms in total. The fourth-order valence-corrected chi connectivity index (χ4v) is 2.64. The van der Waals surface area contributed by atoms with Gasteiger partial charge in [0.1, 0.15) is 17.9 Å². The van der Waals surface area contributed by atoms with Crippen LogP contribution in [0.25, 0.3) is 11.0 Å². The van der Waals surface area contributed by atoms with Crippen molar-refractivity contribution in [3.8, 4) is 11.5 Å². The van der Waals surface area contributed by atoms with Crippen LogP contribution in [-0.4, -0.2) is 24.6 Å². The summed E-state index contributed by atoms with van der Waals surface area (Å²) in [6, 6.07) is 11.4. The van der Waals surface area contributed by atoms with Crippen LogP contribution in [-0.2, 0) is 11.3 Å². The average Bonchev–Trinajstić information content (AvgIpc) is 3.05. The van der Waals surface area contributed by atoms with Crippen LogP contribution < -0.4 is 9.47 Å². The number of nitro benzene ring substituents is 1. The molecule has 0 aliphatic carbocycles. The third-order valence-corrected chi connectivity index (χ3v) is 3.89. The van der Waals surface area contributed by atoms with Crippen LogP contribution in [0.3, 0.4) is 0 Å². The quantitative estimate of drug-likeness (QED) is 0.350. The largest absolute Gasteiger partial charge is 0.496 e. The second kappa shape index (κ2) is 7.77. The van der Waals surface area contributed by atoms with E-state index in [0.29, 0.717) is 22.3 Å². The lowest BCUT2D eigenvalue weighted by Crippen LogP contribution is -2.08. The van der Waals surface area contributed by atoms with E-state index in [-0.39, 0.29) is 30.4 Å². The predicted octanol–water partition coefficient (Wildman–Crippen LogP) is 4.11. The molecule has 0 bridgehead atoms. The molecule has 140 valence electrons. The lowest BCUT2D eigenvalue weighted by Gasteiger charge is -2.08. The molecule has 1 heterocycles. The van der Waals surface area contributed by atoms with E-state index in [1.54, 1.807) is 37.3 Å². The Morgan fingerprint density at radius 3 is 2.70 bits per heavy atom. The molecule has 0 radical (unpaired) electrons. The van der Waals surface area contributed by atoms with Gasteiger partial charge in [-0.25, -0.2) is 4.79 Å². The molecular formula is C19H17NO7. The van der Waals surface area contributed by atoms with Gasteiger partial charge in [-0.05, 0) is 25.1 Å². The Morgan fingerprint density at radius 2 is 2.00 bits per heavy atom. The molecule has 3 aromatic rings. The van der Waals surface area contributed by atoms with Gasteiger partial charge in [-0.1, -0.05) is 18.2 Å². The number of fused-ring (bicyclic) bond motifs is 1. The normalized spacial score (nSPS) is 10.6. The summed E-state index contributed by atoms with van der Waals surface area (Å²) in [7, 11) is 1.42. The molecule has 0 unspecified atom stereocenters. The van der Waals surface area contributed by atoms with Crippen LogP contribution in [0.15, 0.2) is 46.9 Å². The second-order valence-electron chi connectivity index (χ2n) is 5.51. The summed E-state index contributed by atoms with van der Waals surface area (Å²) >= 11 is 0. The Kier molecular flexibility index (Phi) is 5.25. The molecule has 0 aliphatic rings. The van der Waals surface area contributed by atoms with E-state index in [1.807, 2.05) is 0 Å². The van der Waals surface area contributed by atoms with Crippen LogP contribution in [0.4, 0.5) is 5.69 Å². The maximum absolute atomic E-state index is 12.2. The molecule has 0 aliphatic heterocycles. The Morgan fingerprint density at radius 1 is 1.22 bits per heavy atom. The molecular weight excluding hydrogens is 354 g/mol. The van der Waals surface area contributed by atoms with Gasteiger partial charge in [0.25, 0.3) is 0 Å². The molecule has 0 N–H and O–H groups in total. The van der Waals surface area contributed by atoms with E-state index >= 15 is 0 Å². The molecule has 8 heteroatoms. The fraction of sp³-hybridized carbons (Fsp3) is 0.211. The first-order chi connectivity index (χ1) is 13.0. The van der Waals surface area contributed by atoms with Gasteiger partial charge in [-0.2, -0.15) is 0 Å². The highest BCUT2D eigenvalue weighted by molar-refractivity contribution is 5.96. The van der Waals surface area contributed by atoms with Gasteiger partial charge in [-0.15, -0.1) is 0 Å². The molecule has 3 rings (SSSR count). The van der Waals surface area contributed by atoms with Crippen LogP contribution in [0.1, 0.15) is 23.0 Å². The topological polar surface area (TPSA) is 101 Å². The van der Waals surface area contributed by atoms with Gasteiger partial charge in [0.15, 0.2) is 5.75 Å². The van der Waals surface area contributed by atoms with Crippen molar-refractivity contribution in [1.82, 2.24) is 0 Å². The number of benzene rings is 2. The molecule has 0 spiro atoms. The molecule has 0 saturated carbocycles. The number of esters is 1. The van der Waals surface area contributed by atoms with Gasteiger partial charge in [0.2, 0.25) is 5.76 Å². The van der Waals surface area contributed by atoms with Crippen LogP contribution in [0.2, 0.25) is 0 Å². The summed E-state index contributed by atoms with van der Waals surface area (Å²) in [5.41, 5.74) is 0.734. The van der Waals surface area contributed by atoms with Gasteiger partial charge in [0, 0.05) is 5.39 Å². The highest BCUT2D eigenvalue weighted by atomic mass is 16.6. The molecule has 0 atom stereocenters. The molecule has 27 heavy (non-hydrogen) atoms. The SMILES string of the molecule is CCOC(=O)c1oc2ccccc2c1COc1ccc(OC)cc1[N+](=O)[O-]. The highest BCUT2D eigenvalue weighted by Crippen LogP contribution is 2.33. The number of hydrogen-bond acceptors (Lipinski definition) is 7. The number of furan rings is 1. The van der Waals surface area contributed by atoms with Crippen LogP contribution in [0, 0.1) is 10.1 Å². The summed E-state index contributed by atoms with van der Waals surface area (Å²) in [4.78, 5) is 23.0. The minimum Gasteiger partial charge on any atom is -0.496 e. The third-order valence-electron chi connectivity index (χ3n) is 3.89. The molecule has 0 fully saturated rings. The summed E-state index contributed by atoms with van der Waals surface area (Å²) < 4.78 is 21.3. The Hall–Kier alpha value is -3.55. The van der Waals surface area contributed by atoms with E-state index in [1.165, 1.54) is 19.2 Å². The number of hydrogen-bond donors (Lipinski definition) is 0. The van der Waals surface area contributed by atoms with E-state index in [2.05, 4.69) is 0 Å². The lowest BCUT2D eigenvalue weighted by atomic mass is 10.1. The second-order valence-corrected chi connectivity index (χ2v) is 5.51. The fourth-order valence-electron chi connectivity index (χ4n) is 2.64. The van der Waals surface area contributed by atoms with Crippen LogP contribution >= 0.6 is 0 Å². The van der Waals surface area contributed by atoms with E-state index in [0.717, 1.165) is 0 Å². The Bertz CT molecular complexity index is 993. The van der Waals surface area contributed by atoms with Crippen molar-refractivity contribution in [2.75, 3.05) is 13.7 Å². The standard InChI is InChI=1S/C19H17NO7/c1-3-25-19(21)18-14(13-6-4-5-7-16(13)27-18)11-26-17-9-8-12(24-2)10-15(17)20(22)23/h4-10H,3,11H2,1-2H3. The number of rotatable bonds is 7. The zero-order chi connectivity index (χ0) is 19.4. The zero-order valence-corrected chi connectivity index (χ0v) is 14.8. The van der Waals surface area contributed by atoms with Crippen molar-refractivity contribution in [2.24, 2.45) is 0 Å². The Balaban J connectivity index is 1.96. The number of carbonyl (C=O) groups is 1. The average molecular weight is 371 g/mol. The van der Waals surface area contributed by atoms with Gasteiger partial charge < -0.3 is 18.6 Å². The minimum atomic E-state index is -0.614. The molecule has 0 saturated heterocycles. The molecule has 1 aromatic heterocycles. The van der Waals surface area contributed by atoms with Gasteiger partial charge in [-0.3, -0.25) is 10.1 Å². The summed E-state index contributed by atoms with van der Waals surface area (Å²) in [5, 5.41) is 12.0. The van der Waals surface area contributed by atoms with E-state index in [4.69, 9.17) is 18.6 Å². The molecule has 0 amide bonds. The van der Waals surface area contributed by atoms with Gasteiger partial charge in [0.05, 0.1) is 30.3 Å². The third kappa shape index (κ3) is 3.69. The number of para-hydroxylation sites is 1. The van der Waals surface area contributed by atoms with Crippen molar-refractivity contribution in [1.29, 1.82) is 0 Å². The van der Waals surface area contributed by atoms with Crippen molar-refractivity contribution in [2.45, 2.75) is 13.5 Å². The summed E-state index contributed by atoms with van der Waals surface area (Å²) in [5.74, 6) is -0.193. The highest BCUT2D eigenvalue weighted by Gasteiger charge is 2.23. The van der Waals surface area contributed by atoms with E-state index < -0.39 is 10.9 Å². The van der Waals surface area contributed by atoms with Crippen molar-refractivity contribution in [3.63, 3.8) is 0 Å². The van der Waals surface area contributed by atoms with Gasteiger partial charge >= 0.3 is 11.7 Å². The lowest BCUT2D eigenvalue weighted by molar-refractivity contribution is -0.386. The van der Waals surface area contributed by atoms with E-state index in [9.17, 15) is 14.9 Å². The van der Waals surface area contributed by atoms with Crippen molar-refractivity contribution in [3.05, 3.63) is 63.9 Å². The minimum absolute atomic E-state index is 0.0224. The number of methoxy groups -OCH3 is 1. The molecule has 2 aromatic carbocycles. The smallest absolute Gasteiger partial charge is 0.374 e. The van der Waals surface area contributed by atoms with Crippen molar-refractivity contribution < 1.29 is 28.3 Å². The predicted molar refractivity (Wildman–Crippen MR) is 96.2 cm³/mol. The zero-order valence-electron chi connectivity index (χ0n) is 14.8. The Labute approximate surface area is 154 Å². The number of nitro groups is 1. The van der Waals surface area contributed by atoms with Crippen LogP contribution in [0.5, 0.6) is 11.5 Å². The first-order valence-electron chi connectivity index (χ1n) is 8.18. The number of ether oxygens (including phenoxy) is 3. The summed E-state index contributed by atoms with van der Waals surface area (Å²) in [6.45, 7) is 1.79. The maximum Gasteiger partial charge on any atom is 0.374 e. The monoisotopic (exact) mass is 371 g/mol. The first-order valence-corrected chi connectivity index (χ1v) is 8.18. The number of nitrogens with zero attached hydrogens (tertiary/aromatic N) is 1. The first kappa shape index (κ1) is 18.2.